The molecule has 0 aliphatic carbocycles. The summed E-state index contributed by atoms with van der Waals surface area (Å²) < 4.78 is 10.5. The van der Waals surface area contributed by atoms with E-state index in [9.17, 15) is 10.4 Å². The summed E-state index contributed by atoms with van der Waals surface area (Å²) in [7, 11) is 1.47. The molecule has 1 aromatic heterocycles. The van der Waals surface area contributed by atoms with Crippen molar-refractivity contribution in [2.24, 2.45) is 5.92 Å². The van der Waals surface area contributed by atoms with E-state index in [4.69, 9.17) is 14.9 Å². The lowest BCUT2D eigenvalue weighted by Crippen LogP contribution is -2.31. The lowest BCUT2D eigenvalue weighted by molar-refractivity contribution is 0.372. The van der Waals surface area contributed by atoms with E-state index >= 15 is 0 Å². The van der Waals surface area contributed by atoms with Crippen LogP contribution in [-0.4, -0.2) is 28.3 Å². The van der Waals surface area contributed by atoms with E-state index in [0.717, 1.165) is 16.8 Å². The van der Waals surface area contributed by atoms with Crippen LogP contribution in [0.2, 0.25) is 0 Å². The largest absolute Gasteiger partial charge is 0.504 e. The summed E-state index contributed by atoms with van der Waals surface area (Å²) in [6.07, 6.45) is 0.697. The zero-order valence-electron chi connectivity index (χ0n) is 12.8. The lowest BCUT2D eigenvalue weighted by Gasteiger charge is -2.28. The van der Waals surface area contributed by atoms with Gasteiger partial charge in [0.1, 0.15) is 5.92 Å². The molecule has 1 aliphatic rings. The predicted octanol–water partition coefficient (Wildman–Crippen LogP) is 2.33. The van der Waals surface area contributed by atoms with Gasteiger partial charge in [0.25, 0.3) is 0 Å². The smallest absolute Gasteiger partial charge is 0.243 e. The highest BCUT2D eigenvalue weighted by atomic mass is 16.5. The molecule has 0 bridgehead atoms. The van der Waals surface area contributed by atoms with Crippen LogP contribution in [0.5, 0.6) is 17.4 Å². The van der Waals surface area contributed by atoms with Crippen LogP contribution in [0.1, 0.15) is 29.7 Å². The minimum absolute atomic E-state index is 0.0232. The number of benzene rings is 1. The fraction of sp³-hybridized carbons (Fsp3) is 0.312. The topological polar surface area (TPSA) is 115 Å². The third-order valence-electron chi connectivity index (χ3n) is 4.04. The Bertz CT molecular complexity index is 806. The summed E-state index contributed by atoms with van der Waals surface area (Å²) in [5, 5.41) is 34.3. The van der Waals surface area contributed by atoms with Gasteiger partial charge in [-0.2, -0.15) is 5.26 Å². The maximum atomic E-state index is 9.79. The van der Waals surface area contributed by atoms with Crippen LogP contribution in [0.3, 0.4) is 0 Å². The molecule has 7 heteroatoms. The molecule has 1 aliphatic heterocycles. The van der Waals surface area contributed by atoms with Crippen LogP contribution >= 0.6 is 0 Å². The number of phenols is 1. The third-order valence-corrected chi connectivity index (χ3v) is 4.04. The standard InChI is InChI=1S/C16H16N4O3/c1-3-10-14-13(8-4-5-11(21)12(6-8)22-2)9(7-17)15(18)23-16(14)20-19-10/h4-6,9,13,18,21H,3H2,1-2H3,(H,19,20). The number of H-pyrrole nitrogens is 1. The van der Waals surface area contributed by atoms with E-state index in [1.165, 1.54) is 13.2 Å². The molecule has 2 heterocycles. The normalized spacial score (nSPS) is 19.6. The zero-order valence-corrected chi connectivity index (χ0v) is 12.8. The Morgan fingerprint density at radius 3 is 2.96 bits per heavy atom. The van der Waals surface area contributed by atoms with Crippen LogP contribution in [0.4, 0.5) is 0 Å². The van der Waals surface area contributed by atoms with E-state index in [0.29, 0.717) is 18.1 Å². The molecule has 3 N–H and O–H groups in total. The van der Waals surface area contributed by atoms with E-state index in [-0.39, 0.29) is 11.6 Å². The van der Waals surface area contributed by atoms with Gasteiger partial charge >= 0.3 is 0 Å². The van der Waals surface area contributed by atoms with Gasteiger partial charge in [0.2, 0.25) is 11.8 Å². The number of rotatable bonds is 3. The first kappa shape index (κ1) is 14.9. The molecule has 0 radical (unpaired) electrons. The Kier molecular flexibility index (Phi) is 3.66. The van der Waals surface area contributed by atoms with Gasteiger partial charge in [0, 0.05) is 17.2 Å². The van der Waals surface area contributed by atoms with Crippen LogP contribution in [0.15, 0.2) is 18.2 Å². The molecule has 2 atom stereocenters. The number of nitriles is 1. The molecule has 0 amide bonds. The second-order valence-electron chi connectivity index (χ2n) is 5.26. The Morgan fingerprint density at radius 1 is 1.52 bits per heavy atom. The van der Waals surface area contributed by atoms with Gasteiger partial charge in [-0.3, -0.25) is 10.5 Å². The van der Waals surface area contributed by atoms with Gasteiger partial charge in [0.05, 0.1) is 13.2 Å². The molecule has 0 spiro atoms. The molecule has 0 saturated carbocycles. The van der Waals surface area contributed by atoms with Crippen molar-refractivity contribution < 1.29 is 14.6 Å². The molecular formula is C16H16N4O3. The fourth-order valence-corrected chi connectivity index (χ4v) is 2.90. The number of ether oxygens (including phenoxy) is 2. The Morgan fingerprint density at radius 2 is 2.30 bits per heavy atom. The lowest BCUT2D eigenvalue weighted by atomic mass is 9.79. The number of hydrogen-bond acceptors (Lipinski definition) is 6. The number of nitrogens with one attached hydrogen (secondary N) is 2. The SMILES string of the molecule is CCc1[nH]nc2c1C(c1ccc(O)c(OC)c1)C(C#N)C(=N)O2. The van der Waals surface area contributed by atoms with Crippen molar-refractivity contribution in [3.8, 4) is 23.4 Å². The fourth-order valence-electron chi connectivity index (χ4n) is 2.90. The van der Waals surface area contributed by atoms with Gasteiger partial charge in [0.15, 0.2) is 11.5 Å². The molecule has 0 saturated heterocycles. The monoisotopic (exact) mass is 312 g/mol. The molecule has 23 heavy (non-hydrogen) atoms. The number of aromatic amines is 1. The van der Waals surface area contributed by atoms with E-state index < -0.39 is 11.8 Å². The molecular weight excluding hydrogens is 296 g/mol. The highest BCUT2D eigenvalue weighted by Crippen LogP contribution is 2.44. The van der Waals surface area contributed by atoms with Crippen molar-refractivity contribution in [2.45, 2.75) is 19.3 Å². The number of phenolic OH excluding ortho intramolecular Hbond substituents is 1. The molecule has 2 unspecified atom stereocenters. The second kappa shape index (κ2) is 5.65. The molecule has 3 rings (SSSR count). The van der Waals surface area contributed by atoms with Crippen molar-refractivity contribution in [2.75, 3.05) is 7.11 Å². The summed E-state index contributed by atoms with van der Waals surface area (Å²) in [6.45, 7) is 1.98. The minimum atomic E-state index is -0.764. The van der Waals surface area contributed by atoms with Gasteiger partial charge in [-0.15, -0.1) is 5.10 Å². The Balaban J connectivity index is 2.21. The van der Waals surface area contributed by atoms with Crippen molar-refractivity contribution in [1.29, 1.82) is 10.7 Å². The first-order chi connectivity index (χ1) is 11.1. The molecule has 118 valence electrons. The average molecular weight is 312 g/mol. The quantitative estimate of drug-likeness (QED) is 0.804. The number of fused-ring (bicyclic) bond motifs is 1. The number of aromatic hydroxyl groups is 1. The van der Waals surface area contributed by atoms with Gasteiger partial charge in [-0.05, 0) is 24.1 Å². The number of hydrogen-bond donors (Lipinski definition) is 3. The first-order valence-electron chi connectivity index (χ1n) is 7.20. The van der Waals surface area contributed by atoms with Crippen LogP contribution in [0, 0.1) is 22.7 Å². The van der Waals surface area contributed by atoms with Crippen LogP contribution in [-0.2, 0) is 6.42 Å². The van der Waals surface area contributed by atoms with Crippen LogP contribution in [0.25, 0.3) is 0 Å². The molecule has 2 aromatic rings. The second-order valence-corrected chi connectivity index (χ2v) is 5.26. The summed E-state index contributed by atoms with van der Waals surface area (Å²) in [5.41, 5.74) is 2.41. The Labute approximate surface area is 133 Å². The van der Waals surface area contributed by atoms with Crippen molar-refractivity contribution in [1.82, 2.24) is 10.2 Å². The van der Waals surface area contributed by atoms with Crippen LogP contribution < -0.4 is 9.47 Å². The highest BCUT2D eigenvalue weighted by Gasteiger charge is 2.40. The van der Waals surface area contributed by atoms with Crippen molar-refractivity contribution >= 4 is 5.90 Å². The molecule has 0 fully saturated rings. The average Bonchev–Trinajstić information content (AvgIpc) is 2.96. The minimum Gasteiger partial charge on any atom is -0.504 e. The maximum Gasteiger partial charge on any atom is 0.243 e. The van der Waals surface area contributed by atoms with E-state index in [1.807, 2.05) is 6.92 Å². The predicted molar refractivity (Wildman–Crippen MR) is 81.9 cm³/mol. The zero-order chi connectivity index (χ0) is 16.6. The van der Waals surface area contributed by atoms with Gasteiger partial charge < -0.3 is 14.6 Å². The summed E-state index contributed by atoms with van der Waals surface area (Å²) in [6, 6.07) is 7.07. The first-order valence-corrected chi connectivity index (χ1v) is 7.20. The van der Waals surface area contributed by atoms with E-state index in [1.54, 1.807) is 12.1 Å². The Hall–Kier alpha value is -3.01. The highest BCUT2D eigenvalue weighted by molar-refractivity contribution is 5.84. The van der Waals surface area contributed by atoms with Crippen molar-refractivity contribution in [3.05, 3.63) is 35.0 Å². The van der Waals surface area contributed by atoms with Crippen molar-refractivity contribution in [3.63, 3.8) is 0 Å². The summed E-state index contributed by atoms with van der Waals surface area (Å²) >= 11 is 0. The third kappa shape index (κ3) is 2.28. The van der Waals surface area contributed by atoms with E-state index in [2.05, 4.69) is 16.3 Å². The number of methoxy groups -OCH3 is 1. The number of aryl methyl sites for hydroxylation is 1. The molecule has 7 nitrogen and oxygen atoms in total. The maximum absolute atomic E-state index is 9.79. The number of aromatic nitrogens is 2. The summed E-state index contributed by atoms with van der Waals surface area (Å²) in [4.78, 5) is 0. The van der Waals surface area contributed by atoms with Gasteiger partial charge in [-0.25, -0.2) is 0 Å². The molecule has 1 aromatic carbocycles. The number of nitrogens with zero attached hydrogens (tertiary/aromatic N) is 2. The summed E-state index contributed by atoms with van der Waals surface area (Å²) in [5.74, 6) is -0.629. The van der Waals surface area contributed by atoms with Gasteiger partial charge in [-0.1, -0.05) is 13.0 Å².